The Morgan fingerprint density at radius 1 is 0.960 bits per heavy atom. The molecule has 6 fully saturated rings. The van der Waals surface area contributed by atoms with Crippen molar-refractivity contribution in [3.05, 3.63) is 0 Å². The van der Waals surface area contributed by atoms with Gasteiger partial charge in [0, 0.05) is 5.54 Å². The highest BCUT2D eigenvalue weighted by molar-refractivity contribution is 5.28. The number of aliphatic hydroxyl groups is 2. The van der Waals surface area contributed by atoms with E-state index >= 15 is 0 Å². The number of nitrogens with two attached hydrogens (primary N) is 1. The maximum Gasteiger partial charge on any atom is 0.0630 e. The van der Waals surface area contributed by atoms with Gasteiger partial charge in [-0.3, -0.25) is 0 Å². The summed E-state index contributed by atoms with van der Waals surface area (Å²) in [6.07, 6.45) is 6.32. The summed E-state index contributed by atoms with van der Waals surface area (Å²) in [7, 11) is 0. The van der Waals surface area contributed by atoms with E-state index in [0.29, 0.717) is 17.8 Å². The van der Waals surface area contributed by atoms with E-state index in [9.17, 15) is 10.2 Å². The molecule has 13 atom stereocenters. The van der Waals surface area contributed by atoms with E-state index in [1.807, 2.05) is 0 Å². The largest absolute Gasteiger partial charge is 0.393 e. The fraction of sp³-hybridized carbons (Fsp3) is 1.00. The molecule has 25 heavy (non-hydrogen) atoms. The van der Waals surface area contributed by atoms with Gasteiger partial charge in [0.25, 0.3) is 0 Å². The SMILES string of the molecule is CC1C2C1C1C3C4CC4C4(N)CC(O)CCC4(C)C3CCC1(C)C2O. The summed E-state index contributed by atoms with van der Waals surface area (Å²) in [6, 6.07) is 0. The summed E-state index contributed by atoms with van der Waals surface area (Å²) in [5.41, 5.74) is 7.35. The normalized spacial score (nSPS) is 72.7. The summed E-state index contributed by atoms with van der Waals surface area (Å²) in [6.45, 7) is 7.26. The Balaban J connectivity index is 1.43. The average molecular weight is 346 g/mol. The van der Waals surface area contributed by atoms with Gasteiger partial charge >= 0.3 is 0 Å². The van der Waals surface area contributed by atoms with E-state index in [1.54, 1.807) is 0 Å². The highest BCUT2D eigenvalue weighted by atomic mass is 16.3. The van der Waals surface area contributed by atoms with Crippen LogP contribution in [-0.2, 0) is 0 Å². The lowest BCUT2D eigenvalue weighted by Gasteiger charge is -2.64. The Kier molecular flexibility index (Phi) is 2.74. The molecular weight excluding hydrogens is 310 g/mol. The molecule has 3 heteroatoms. The van der Waals surface area contributed by atoms with E-state index in [2.05, 4.69) is 20.8 Å². The van der Waals surface area contributed by atoms with Gasteiger partial charge < -0.3 is 15.9 Å². The number of rotatable bonds is 0. The predicted octanol–water partition coefficient (Wildman–Crippen LogP) is 2.79. The molecule has 0 aromatic carbocycles. The van der Waals surface area contributed by atoms with Gasteiger partial charge in [0.2, 0.25) is 0 Å². The highest BCUT2D eigenvalue weighted by Gasteiger charge is 2.79. The third-order valence-corrected chi connectivity index (χ3v) is 11.1. The molecule has 0 bridgehead atoms. The molecule has 4 N–H and O–H groups in total. The van der Waals surface area contributed by atoms with E-state index in [4.69, 9.17) is 5.73 Å². The molecule has 0 aliphatic heterocycles. The number of aliphatic hydroxyl groups excluding tert-OH is 2. The monoisotopic (exact) mass is 345 g/mol. The van der Waals surface area contributed by atoms with Gasteiger partial charge in [0.1, 0.15) is 0 Å². The van der Waals surface area contributed by atoms with E-state index in [-0.39, 0.29) is 28.6 Å². The van der Waals surface area contributed by atoms with Crippen LogP contribution >= 0.6 is 0 Å². The summed E-state index contributed by atoms with van der Waals surface area (Å²) in [4.78, 5) is 0. The summed E-state index contributed by atoms with van der Waals surface area (Å²) >= 11 is 0. The third-order valence-electron chi connectivity index (χ3n) is 11.1. The molecule has 6 rings (SSSR count). The zero-order chi connectivity index (χ0) is 17.5. The minimum Gasteiger partial charge on any atom is -0.393 e. The zero-order valence-electron chi connectivity index (χ0n) is 16.0. The lowest BCUT2D eigenvalue weighted by Crippen LogP contribution is -2.68. The van der Waals surface area contributed by atoms with Crippen LogP contribution in [0, 0.1) is 58.2 Å². The molecule has 0 heterocycles. The second-order valence-electron chi connectivity index (χ2n) is 11.6. The van der Waals surface area contributed by atoms with Crippen LogP contribution in [-0.4, -0.2) is 28.0 Å². The molecule has 0 aromatic rings. The third kappa shape index (κ3) is 1.55. The molecule has 3 nitrogen and oxygen atoms in total. The maximum absolute atomic E-state index is 11.1. The predicted molar refractivity (Wildman–Crippen MR) is 96.4 cm³/mol. The maximum atomic E-state index is 11.1. The quantitative estimate of drug-likeness (QED) is 0.632. The van der Waals surface area contributed by atoms with E-state index < -0.39 is 0 Å². The lowest BCUT2D eigenvalue weighted by molar-refractivity contribution is -0.158. The van der Waals surface area contributed by atoms with Crippen LogP contribution in [0.5, 0.6) is 0 Å². The average Bonchev–Trinajstić information content (AvgIpc) is 3.44. The minimum atomic E-state index is -0.189. The standard InChI is InChI=1S/C22H35NO2/c1-10-15-16(10)19(25)20(2)6-5-13-17(18(15)20)12-8-14(12)22(23)9-11(24)4-7-21(13,22)3/h10-19,24-25H,4-9,23H2,1-3H3. The van der Waals surface area contributed by atoms with Crippen LogP contribution < -0.4 is 5.73 Å². The lowest BCUT2D eigenvalue weighted by atomic mass is 9.42. The second-order valence-corrected chi connectivity index (χ2v) is 11.6. The first-order valence-electron chi connectivity index (χ1n) is 10.9. The van der Waals surface area contributed by atoms with Crippen LogP contribution in [0.15, 0.2) is 0 Å². The van der Waals surface area contributed by atoms with E-state index in [0.717, 1.165) is 48.9 Å². The summed E-state index contributed by atoms with van der Waals surface area (Å²) in [5, 5.41) is 21.4. The fourth-order valence-electron chi connectivity index (χ4n) is 9.66. The fourth-order valence-corrected chi connectivity index (χ4v) is 9.66. The van der Waals surface area contributed by atoms with Crippen LogP contribution in [0.1, 0.15) is 59.3 Å². The van der Waals surface area contributed by atoms with Gasteiger partial charge in [-0.05, 0) is 96.7 Å². The Bertz CT molecular complexity index is 638. The van der Waals surface area contributed by atoms with E-state index in [1.165, 1.54) is 19.3 Å². The smallest absolute Gasteiger partial charge is 0.0630 e. The Morgan fingerprint density at radius 3 is 2.48 bits per heavy atom. The van der Waals surface area contributed by atoms with Crippen molar-refractivity contribution >= 4 is 0 Å². The molecule has 0 radical (unpaired) electrons. The first-order chi connectivity index (χ1) is 11.7. The van der Waals surface area contributed by atoms with Crippen LogP contribution in [0.25, 0.3) is 0 Å². The van der Waals surface area contributed by atoms with Gasteiger partial charge in [-0.1, -0.05) is 20.8 Å². The molecule has 0 saturated heterocycles. The molecule has 0 amide bonds. The molecule has 6 aliphatic rings. The van der Waals surface area contributed by atoms with Crippen molar-refractivity contribution in [3.63, 3.8) is 0 Å². The van der Waals surface area contributed by atoms with Crippen molar-refractivity contribution in [3.8, 4) is 0 Å². The molecule has 0 spiro atoms. The minimum absolute atomic E-state index is 0.0683. The van der Waals surface area contributed by atoms with Gasteiger partial charge in [-0.15, -0.1) is 0 Å². The Hall–Kier alpha value is -0.120. The summed E-state index contributed by atoms with van der Waals surface area (Å²) in [5.74, 6) is 5.71. The van der Waals surface area contributed by atoms with Crippen molar-refractivity contribution in [2.75, 3.05) is 0 Å². The van der Waals surface area contributed by atoms with Crippen molar-refractivity contribution in [1.29, 1.82) is 0 Å². The topological polar surface area (TPSA) is 66.5 Å². The molecule has 6 aliphatic carbocycles. The molecular formula is C22H35NO2. The number of fused-ring (bicyclic) bond motifs is 10. The Morgan fingerprint density at radius 2 is 1.72 bits per heavy atom. The highest BCUT2D eigenvalue weighted by Crippen LogP contribution is 2.80. The zero-order valence-corrected chi connectivity index (χ0v) is 16.0. The first-order valence-corrected chi connectivity index (χ1v) is 10.9. The van der Waals surface area contributed by atoms with Crippen molar-refractivity contribution < 1.29 is 10.2 Å². The van der Waals surface area contributed by atoms with Crippen molar-refractivity contribution in [2.24, 2.45) is 63.9 Å². The van der Waals surface area contributed by atoms with Crippen LogP contribution in [0.4, 0.5) is 0 Å². The second kappa shape index (κ2) is 4.31. The van der Waals surface area contributed by atoms with Crippen LogP contribution in [0.2, 0.25) is 0 Å². The van der Waals surface area contributed by atoms with Gasteiger partial charge in [0.05, 0.1) is 12.2 Å². The molecule has 13 unspecified atom stereocenters. The van der Waals surface area contributed by atoms with Gasteiger partial charge in [-0.2, -0.15) is 0 Å². The molecule has 140 valence electrons. The van der Waals surface area contributed by atoms with Crippen molar-refractivity contribution in [2.45, 2.75) is 77.0 Å². The number of hydrogen-bond acceptors (Lipinski definition) is 3. The first kappa shape index (κ1) is 15.9. The van der Waals surface area contributed by atoms with Gasteiger partial charge in [-0.25, -0.2) is 0 Å². The van der Waals surface area contributed by atoms with Crippen molar-refractivity contribution in [1.82, 2.24) is 0 Å². The van der Waals surface area contributed by atoms with Gasteiger partial charge in [0.15, 0.2) is 0 Å². The summed E-state index contributed by atoms with van der Waals surface area (Å²) < 4.78 is 0. The number of hydrogen-bond donors (Lipinski definition) is 3. The van der Waals surface area contributed by atoms with Crippen LogP contribution in [0.3, 0.4) is 0 Å². The molecule has 0 aromatic heterocycles. The Labute approximate surface area is 151 Å². The molecule has 6 saturated carbocycles.